The van der Waals surface area contributed by atoms with Crippen molar-refractivity contribution in [1.29, 1.82) is 0 Å². The van der Waals surface area contributed by atoms with Gasteiger partial charge in [0.25, 0.3) is 11.8 Å². The molecule has 8 heteroatoms. The molecule has 0 spiro atoms. The summed E-state index contributed by atoms with van der Waals surface area (Å²) in [6, 6.07) is 8.98. The monoisotopic (exact) mass is 485 g/mol. The van der Waals surface area contributed by atoms with Gasteiger partial charge in [-0.25, -0.2) is 0 Å². The van der Waals surface area contributed by atoms with Gasteiger partial charge in [-0.15, -0.1) is 11.3 Å². The summed E-state index contributed by atoms with van der Waals surface area (Å²) in [5, 5.41) is 4.64. The van der Waals surface area contributed by atoms with E-state index in [9.17, 15) is 9.59 Å². The molecule has 3 heterocycles. The number of carbonyl (C=O) groups excluding carboxylic acids is 2. The van der Waals surface area contributed by atoms with Crippen LogP contribution in [0.4, 0.5) is 0 Å². The Hall–Kier alpha value is -2.64. The van der Waals surface area contributed by atoms with Crippen molar-refractivity contribution in [1.82, 2.24) is 15.2 Å². The largest absolute Gasteiger partial charge is 0.496 e. The number of methoxy groups -OCH3 is 1. The predicted molar refractivity (Wildman–Crippen MR) is 132 cm³/mol. The topological polar surface area (TPSA) is 71.5 Å². The third-order valence-electron chi connectivity index (χ3n) is 6.17. The van der Waals surface area contributed by atoms with Crippen LogP contribution in [-0.4, -0.2) is 48.4 Å². The quantitative estimate of drug-likeness (QED) is 0.433. The minimum absolute atomic E-state index is 0.00157. The molecule has 0 unspecified atom stereocenters. The Bertz CT molecular complexity index is 1090. The smallest absolute Gasteiger partial charge is 0.261 e. The van der Waals surface area contributed by atoms with E-state index in [2.05, 4.69) is 10.3 Å². The number of hydrogen-bond donors (Lipinski definition) is 1. The number of hydrogen-bond acceptors (Lipinski definition) is 5. The number of carbonyl (C=O) groups is 2. The van der Waals surface area contributed by atoms with Gasteiger partial charge in [-0.3, -0.25) is 14.6 Å². The number of halogens is 1. The lowest BCUT2D eigenvalue weighted by Gasteiger charge is -2.32. The average Bonchev–Trinajstić information content (AvgIpc) is 3.28. The summed E-state index contributed by atoms with van der Waals surface area (Å²) in [6.07, 6.45) is 8.69. The van der Waals surface area contributed by atoms with E-state index in [4.69, 9.17) is 16.3 Å². The first-order valence-corrected chi connectivity index (χ1v) is 12.5. The summed E-state index contributed by atoms with van der Waals surface area (Å²) in [4.78, 5) is 32.0. The second kappa shape index (κ2) is 11.0. The van der Waals surface area contributed by atoms with E-state index in [1.54, 1.807) is 37.7 Å². The van der Waals surface area contributed by atoms with Crippen molar-refractivity contribution >= 4 is 44.8 Å². The molecular weight excluding hydrogens is 458 g/mol. The van der Waals surface area contributed by atoms with Gasteiger partial charge < -0.3 is 15.0 Å². The van der Waals surface area contributed by atoms with E-state index in [1.807, 2.05) is 17.0 Å². The van der Waals surface area contributed by atoms with Crippen molar-refractivity contribution in [2.24, 2.45) is 5.92 Å². The molecule has 0 aliphatic carbocycles. The fourth-order valence-corrected chi connectivity index (χ4v) is 5.39. The number of piperidine rings is 1. The Morgan fingerprint density at radius 2 is 2.03 bits per heavy atom. The Morgan fingerprint density at radius 1 is 1.21 bits per heavy atom. The highest BCUT2D eigenvalue weighted by Crippen LogP contribution is 2.28. The third kappa shape index (κ3) is 5.84. The van der Waals surface area contributed by atoms with Crippen LogP contribution in [0.5, 0.6) is 5.75 Å². The molecule has 33 heavy (non-hydrogen) atoms. The third-order valence-corrected chi connectivity index (χ3v) is 7.49. The number of aromatic nitrogens is 1. The highest BCUT2D eigenvalue weighted by molar-refractivity contribution is 7.20. The zero-order valence-electron chi connectivity index (χ0n) is 18.7. The Morgan fingerprint density at radius 3 is 2.79 bits per heavy atom. The minimum Gasteiger partial charge on any atom is -0.496 e. The summed E-state index contributed by atoms with van der Waals surface area (Å²) >= 11 is 7.49. The highest BCUT2D eigenvalue weighted by Gasteiger charge is 2.25. The van der Waals surface area contributed by atoms with Crippen LogP contribution in [0.25, 0.3) is 10.1 Å². The molecule has 0 saturated carbocycles. The summed E-state index contributed by atoms with van der Waals surface area (Å²) in [5.74, 6) is 1.12. The maximum Gasteiger partial charge on any atom is 0.261 e. The molecule has 0 radical (unpaired) electrons. The second-order valence-electron chi connectivity index (χ2n) is 8.36. The van der Waals surface area contributed by atoms with Gasteiger partial charge >= 0.3 is 0 Å². The fraction of sp³-hybridized carbons (Fsp3) is 0.400. The number of amides is 2. The first-order valence-electron chi connectivity index (χ1n) is 11.3. The number of likely N-dealkylation sites (tertiary alicyclic amines) is 1. The molecule has 0 bridgehead atoms. The molecule has 3 aromatic rings. The molecule has 4 rings (SSSR count). The van der Waals surface area contributed by atoms with Gasteiger partial charge in [-0.05, 0) is 60.9 Å². The van der Waals surface area contributed by atoms with Crippen LogP contribution in [0.2, 0.25) is 5.02 Å². The van der Waals surface area contributed by atoms with Crippen molar-refractivity contribution in [3.05, 3.63) is 58.2 Å². The number of thiophene rings is 1. The van der Waals surface area contributed by atoms with Crippen molar-refractivity contribution < 1.29 is 14.3 Å². The molecule has 1 N–H and O–H groups in total. The van der Waals surface area contributed by atoms with Crippen LogP contribution in [0.3, 0.4) is 0 Å². The maximum absolute atomic E-state index is 12.9. The van der Waals surface area contributed by atoms with Crippen LogP contribution in [0.1, 0.15) is 52.1 Å². The number of pyridine rings is 1. The summed E-state index contributed by atoms with van der Waals surface area (Å²) < 4.78 is 6.36. The van der Waals surface area contributed by atoms with Gasteiger partial charge in [-0.1, -0.05) is 24.4 Å². The normalized spacial score (nSPS) is 14.4. The maximum atomic E-state index is 12.9. The molecule has 2 amide bonds. The Balaban J connectivity index is 1.16. The van der Waals surface area contributed by atoms with Gasteiger partial charge in [0, 0.05) is 37.1 Å². The van der Waals surface area contributed by atoms with E-state index in [1.165, 1.54) is 11.3 Å². The summed E-state index contributed by atoms with van der Waals surface area (Å²) in [7, 11) is 1.55. The average molecular weight is 486 g/mol. The van der Waals surface area contributed by atoms with Gasteiger partial charge in [-0.2, -0.15) is 0 Å². The first-order chi connectivity index (χ1) is 16.0. The zero-order chi connectivity index (χ0) is 23.2. The lowest BCUT2D eigenvalue weighted by molar-refractivity contribution is 0.0682. The van der Waals surface area contributed by atoms with Crippen LogP contribution < -0.4 is 10.1 Å². The van der Waals surface area contributed by atoms with Gasteiger partial charge in [0.1, 0.15) is 5.75 Å². The molecule has 2 aromatic heterocycles. The van der Waals surface area contributed by atoms with E-state index >= 15 is 0 Å². The first kappa shape index (κ1) is 23.5. The van der Waals surface area contributed by atoms with Gasteiger partial charge in [0.15, 0.2) is 0 Å². The number of unbranched alkanes of at least 4 members (excludes halogenated alkanes) is 1. The molecule has 1 aliphatic heterocycles. The Labute approximate surface area is 202 Å². The number of benzene rings is 1. The molecule has 1 fully saturated rings. The van der Waals surface area contributed by atoms with E-state index in [-0.39, 0.29) is 11.8 Å². The summed E-state index contributed by atoms with van der Waals surface area (Å²) in [6.45, 7) is 2.19. The Kier molecular flexibility index (Phi) is 7.83. The number of nitrogens with zero attached hydrogens (tertiary/aromatic N) is 2. The molecule has 174 valence electrons. The van der Waals surface area contributed by atoms with Crippen molar-refractivity contribution in [2.75, 3.05) is 26.7 Å². The standard InChI is InChI=1S/C25H28ClN3O3S/c1-32-21-15-19(26)5-6-20(21)25(31)29-12-8-17(9-13-29)4-2-3-10-28-24(30)22-14-18-7-11-27-16-23(18)33-22/h5-7,11,14-17H,2-4,8-10,12-13H2,1H3,(H,28,30). The van der Waals surface area contributed by atoms with Gasteiger partial charge in [0.2, 0.25) is 0 Å². The molecule has 0 atom stereocenters. The zero-order valence-corrected chi connectivity index (χ0v) is 20.3. The molecule has 6 nitrogen and oxygen atoms in total. The lowest BCUT2D eigenvalue weighted by Crippen LogP contribution is -2.38. The van der Waals surface area contributed by atoms with Crippen molar-refractivity contribution in [2.45, 2.75) is 32.1 Å². The van der Waals surface area contributed by atoms with Gasteiger partial charge in [0.05, 0.1) is 22.3 Å². The minimum atomic E-state index is -0.0133. The molecular formula is C25H28ClN3O3S. The summed E-state index contributed by atoms with van der Waals surface area (Å²) in [5.41, 5.74) is 0.561. The number of ether oxygens (including phenoxy) is 1. The number of rotatable bonds is 8. The van der Waals surface area contributed by atoms with Crippen molar-refractivity contribution in [3.8, 4) is 5.75 Å². The van der Waals surface area contributed by atoms with Crippen LogP contribution in [0.15, 0.2) is 42.7 Å². The van der Waals surface area contributed by atoms with E-state index < -0.39 is 0 Å². The fourth-order valence-electron chi connectivity index (χ4n) is 4.28. The molecule has 1 aromatic carbocycles. The lowest BCUT2D eigenvalue weighted by atomic mass is 9.91. The number of nitrogens with one attached hydrogen (secondary N) is 1. The number of fused-ring (bicyclic) bond motifs is 1. The molecule has 1 aliphatic rings. The molecule has 1 saturated heterocycles. The van der Waals surface area contributed by atoms with E-state index in [0.29, 0.717) is 28.8 Å². The second-order valence-corrected chi connectivity index (χ2v) is 9.88. The van der Waals surface area contributed by atoms with Crippen LogP contribution in [0, 0.1) is 5.92 Å². The van der Waals surface area contributed by atoms with Crippen LogP contribution in [-0.2, 0) is 0 Å². The SMILES string of the molecule is COc1cc(Cl)ccc1C(=O)N1CCC(CCCCNC(=O)c2cc3ccncc3s2)CC1. The van der Waals surface area contributed by atoms with Crippen LogP contribution >= 0.6 is 22.9 Å². The highest BCUT2D eigenvalue weighted by atomic mass is 35.5. The predicted octanol–water partition coefficient (Wildman–Crippen LogP) is 5.41. The van der Waals surface area contributed by atoms with E-state index in [0.717, 1.165) is 60.2 Å². The van der Waals surface area contributed by atoms with Crippen molar-refractivity contribution in [3.63, 3.8) is 0 Å².